The number of hydrogen-bond donors (Lipinski definition) is 1. The van der Waals surface area contributed by atoms with Crippen LogP contribution in [0.1, 0.15) is 30.3 Å². The summed E-state index contributed by atoms with van der Waals surface area (Å²) in [7, 11) is 0. The summed E-state index contributed by atoms with van der Waals surface area (Å²) in [5.74, 6) is 0.421. The molecule has 22 heavy (non-hydrogen) atoms. The van der Waals surface area contributed by atoms with Crippen LogP contribution in [0.5, 0.6) is 0 Å². The van der Waals surface area contributed by atoms with Gasteiger partial charge in [0.1, 0.15) is 0 Å². The lowest BCUT2D eigenvalue weighted by Gasteiger charge is -2.34. The van der Waals surface area contributed by atoms with E-state index < -0.39 is 0 Å². The van der Waals surface area contributed by atoms with Crippen molar-refractivity contribution in [2.24, 2.45) is 5.92 Å². The molecule has 1 N–H and O–H groups in total. The van der Waals surface area contributed by atoms with E-state index in [0.717, 1.165) is 43.1 Å². The van der Waals surface area contributed by atoms with E-state index in [1.165, 1.54) is 5.56 Å². The van der Waals surface area contributed by atoms with Gasteiger partial charge in [0.2, 0.25) is 0 Å². The normalized spacial score (nSPS) is 22.9. The van der Waals surface area contributed by atoms with Gasteiger partial charge in [0.15, 0.2) is 0 Å². The lowest BCUT2D eigenvalue weighted by atomic mass is 9.96. The molecule has 2 heterocycles. The van der Waals surface area contributed by atoms with E-state index in [2.05, 4.69) is 54.2 Å². The molecule has 2 atom stereocenters. The summed E-state index contributed by atoms with van der Waals surface area (Å²) in [6, 6.07) is 10.7. The molecule has 4 heteroatoms. The van der Waals surface area contributed by atoms with Gasteiger partial charge in [0, 0.05) is 18.8 Å². The van der Waals surface area contributed by atoms with E-state index in [9.17, 15) is 5.11 Å². The van der Waals surface area contributed by atoms with Crippen LogP contribution in [0, 0.1) is 19.8 Å². The fourth-order valence-electron chi connectivity index (χ4n) is 3.15. The summed E-state index contributed by atoms with van der Waals surface area (Å²) in [4.78, 5) is 2.34. The second-order valence-electron chi connectivity index (χ2n) is 6.57. The minimum atomic E-state index is -0.192. The summed E-state index contributed by atoms with van der Waals surface area (Å²) in [5, 5.41) is 14.5. The van der Waals surface area contributed by atoms with Gasteiger partial charge in [-0.2, -0.15) is 5.10 Å². The van der Waals surface area contributed by atoms with E-state index in [4.69, 9.17) is 0 Å². The topological polar surface area (TPSA) is 41.3 Å². The first-order chi connectivity index (χ1) is 10.5. The van der Waals surface area contributed by atoms with Crippen molar-refractivity contribution in [3.8, 4) is 5.69 Å². The zero-order valence-electron chi connectivity index (χ0n) is 13.7. The Morgan fingerprint density at radius 1 is 1.23 bits per heavy atom. The van der Waals surface area contributed by atoms with Crippen LogP contribution in [-0.4, -0.2) is 39.0 Å². The monoisotopic (exact) mass is 299 g/mol. The fourth-order valence-corrected chi connectivity index (χ4v) is 3.15. The van der Waals surface area contributed by atoms with Gasteiger partial charge in [0.05, 0.1) is 17.5 Å². The van der Waals surface area contributed by atoms with Crippen LogP contribution in [0.25, 0.3) is 5.69 Å². The number of β-amino-alcohol motifs (C(OH)–C–C–N with tert-alkyl or cyclic N) is 1. The molecule has 118 valence electrons. The number of likely N-dealkylation sites (tertiary alicyclic amines) is 1. The van der Waals surface area contributed by atoms with Gasteiger partial charge in [-0.25, -0.2) is 4.68 Å². The zero-order chi connectivity index (χ0) is 15.7. The maximum Gasteiger partial charge on any atom is 0.0693 e. The standard InChI is InChI=1S/C18H25N3O/c1-13-8-9-20(12-18(13)22)11-16-4-6-17(7-5-16)21-15(3)10-14(2)19-21/h4-7,10,13,18,22H,8-9,11-12H2,1-3H3. The maximum absolute atomic E-state index is 10.00. The van der Waals surface area contributed by atoms with Crippen LogP contribution in [0.15, 0.2) is 30.3 Å². The average Bonchev–Trinajstić information content (AvgIpc) is 2.83. The minimum Gasteiger partial charge on any atom is -0.392 e. The Labute approximate surface area is 132 Å². The highest BCUT2D eigenvalue weighted by atomic mass is 16.3. The second-order valence-corrected chi connectivity index (χ2v) is 6.57. The molecule has 0 saturated carbocycles. The predicted molar refractivity (Wildman–Crippen MR) is 88.1 cm³/mol. The summed E-state index contributed by atoms with van der Waals surface area (Å²) < 4.78 is 1.98. The summed E-state index contributed by atoms with van der Waals surface area (Å²) in [5.41, 5.74) is 4.57. The molecule has 0 bridgehead atoms. The highest BCUT2D eigenvalue weighted by Gasteiger charge is 2.23. The third kappa shape index (κ3) is 3.23. The third-order valence-corrected chi connectivity index (χ3v) is 4.60. The number of aliphatic hydroxyl groups excluding tert-OH is 1. The molecule has 1 aromatic heterocycles. The van der Waals surface area contributed by atoms with Crippen LogP contribution >= 0.6 is 0 Å². The molecule has 0 spiro atoms. The molecule has 1 saturated heterocycles. The zero-order valence-corrected chi connectivity index (χ0v) is 13.7. The van der Waals surface area contributed by atoms with Gasteiger partial charge in [-0.05, 0) is 56.5 Å². The number of rotatable bonds is 3. The van der Waals surface area contributed by atoms with Crippen molar-refractivity contribution in [2.45, 2.75) is 39.8 Å². The van der Waals surface area contributed by atoms with Gasteiger partial charge in [0.25, 0.3) is 0 Å². The Kier molecular flexibility index (Phi) is 4.32. The number of hydrogen-bond acceptors (Lipinski definition) is 3. The Morgan fingerprint density at radius 2 is 1.95 bits per heavy atom. The Morgan fingerprint density at radius 3 is 2.55 bits per heavy atom. The second kappa shape index (κ2) is 6.23. The van der Waals surface area contributed by atoms with Crippen molar-refractivity contribution in [1.29, 1.82) is 0 Å². The van der Waals surface area contributed by atoms with E-state index in [0.29, 0.717) is 5.92 Å². The number of piperidine rings is 1. The van der Waals surface area contributed by atoms with Crippen LogP contribution in [0.3, 0.4) is 0 Å². The molecule has 4 nitrogen and oxygen atoms in total. The quantitative estimate of drug-likeness (QED) is 0.947. The molecule has 1 fully saturated rings. The van der Waals surface area contributed by atoms with Crippen LogP contribution in [0.2, 0.25) is 0 Å². The highest BCUT2D eigenvalue weighted by Crippen LogP contribution is 2.20. The molecule has 1 aromatic carbocycles. The molecule has 0 radical (unpaired) electrons. The molecule has 2 aromatic rings. The Bertz CT molecular complexity index is 632. The van der Waals surface area contributed by atoms with Crippen molar-refractivity contribution in [3.63, 3.8) is 0 Å². The van der Waals surface area contributed by atoms with E-state index in [-0.39, 0.29) is 6.10 Å². The van der Waals surface area contributed by atoms with Gasteiger partial charge in [-0.3, -0.25) is 4.90 Å². The van der Waals surface area contributed by atoms with Crippen LogP contribution < -0.4 is 0 Å². The molecular weight excluding hydrogens is 274 g/mol. The number of nitrogens with zero attached hydrogens (tertiary/aromatic N) is 3. The third-order valence-electron chi connectivity index (χ3n) is 4.60. The molecule has 2 unspecified atom stereocenters. The maximum atomic E-state index is 10.00. The van der Waals surface area contributed by atoms with Crippen molar-refractivity contribution in [1.82, 2.24) is 14.7 Å². The Hall–Kier alpha value is -1.65. The largest absolute Gasteiger partial charge is 0.392 e. The summed E-state index contributed by atoms with van der Waals surface area (Å²) in [6.07, 6.45) is 0.882. The fraction of sp³-hybridized carbons (Fsp3) is 0.500. The molecule has 0 aliphatic carbocycles. The van der Waals surface area contributed by atoms with Crippen molar-refractivity contribution >= 4 is 0 Å². The first-order valence-electron chi connectivity index (χ1n) is 8.06. The van der Waals surface area contributed by atoms with Crippen LogP contribution in [0.4, 0.5) is 0 Å². The van der Waals surface area contributed by atoms with Crippen LogP contribution in [-0.2, 0) is 6.54 Å². The molecule has 1 aliphatic heterocycles. The van der Waals surface area contributed by atoms with Crippen molar-refractivity contribution in [3.05, 3.63) is 47.3 Å². The molecule has 0 amide bonds. The van der Waals surface area contributed by atoms with Gasteiger partial charge < -0.3 is 5.11 Å². The molecular formula is C18H25N3O. The Balaban J connectivity index is 1.68. The van der Waals surface area contributed by atoms with Gasteiger partial charge in [-0.15, -0.1) is 0 Å². The first-order valence-corrected chi connectivity index (χ1v) is 8.06. The van der Waals surface area contributed by atoms with E-state index in [1.807, 2.05) is 11.6 Å². The lowest BCUT2D eigenvalue weighted by molar-refractivity contribution is 0.0259. The predicted octanol–water partition coefficient (Wildman–Crippen LogP) is 2.69. The number of aliphatic hydroxyl groups is 1. The SMILES string of the molecule is Cc1cc(C)n(-c2ccc(CN3CCC(C)C(O)C3)cc2)n1. The number of aromatic nitrogens is 2. The number of benzene rings is 1. The van der Waals surface area contributed by atoms with Crippen molar-refractivity contribution in [2.75, 3.05) is 13.1 Å². The molecule has 1 aliphatic rings. The minimum absolute atomic E-state index is 0.192. The smallest absolute Gasteiger partial charge is 0.0693 e. The van der Waals surface area contributed by atoms with Gasteiger partial charge in [-0.1, -0.05) is 19.1 Å². The van der Waals surface area contributed by atoms with E-state index in [1.54, 1.807) is 0 Å². The lowest BCUT2D eigenvalue weighted by Crippen LogP contribution is -2.42. The summed E-state index contributed by atoms with van der Waals surface area (Å²) >= 11 is 0. The highest BCUT2D eigenvalue weighted by molar-refractivity contribution is 5.36. The number of aryl methyl sites for hydroxylation is 2. The summed E-state index contributed by atoms with van der Waals surface area (Å²) in [6.45, 7) is 8.97. The van der Waals surface area contributed by atoms with Crippen molar-refractivity contribution < 1.29 is 5.11 Å². The first kappa shape index (κ1) is 15.3. The average molecular weight is 299 g/mol. The molecule has 3 rings (SSSR count). The van der Waals surface area contributed by atoms with Gasteiger partial charge >= 0.3 is 0 Å². The van der Waals surface area contributed by atoms with E-state index >= 15 is 0 Å².